The van der Waals surface area contributed by atoms with Crippen molar-refractivity contribution in [3.63, 3.8) is 0 Å². The lowest BCUT2D eigenvalue weighted by atomic mass is 10.0. The van der Waals surface area contributed by atoms with Crippen LogP contribution in [0.1, 0.15) is 30.6 Å². The Balaban J connectivity index is 1.59. The molecule has 3 rings (SSSR count). The maximum absolute atomic E-state index is 4.42. The van der Waals surface area contributed by atoms with Gasteiger partial charge in [0.2, 0.25) is 0 Å². The summed E-state index contributed by atoms with van der Waals surface area (Å²) in [6, 6.07) is 4.88. The molecule has 1 N–H and O–H groups in total. The summed E-state index contributed by atoms with van der Waals surface area (Å²) in [6.45, 7) is 3.31. The number of nitrogens with one attached hydrogen (secondary N) is 1. The number of hydrogen-bond acceptors (Lipinski definition) is 4. The molecule has 19 heavy (non-hydrogen) atoms. The number of hydrogen-bond donors (Lipinski definition) is 1. The van der Waals surface area contributed by atoms with E-state index in [1.807, 2.05) is 41.0 Å². The van der Waals surface area contributed by atoms with Crippen LogP contribution in [0.2, 0.25) is 0 Å². The summed E-state index contributed by atoms with van der Waals surface area (Å²) in [5, 5.41) is 11.0. The van der Waals surface area contributed by atoms with E-state index in [0.29, 0.717) is 11.3 Å². The summed E-state index contributed by atoms with van der Waals surface area (Å²) in [6.07, 6.45) is 4.22. The van der Waals surface area contributed by atoms with E-state index in [9.17, 15) is 0 Å². The van der Waals surface area contributed by atoms with Gasteiger partial charge in [0.25, 0.3) is 0 Å². The summed E-state index contributed by atoms with van der Waals surface area (Å²) >= 11 is 3.89. The van der Waals surface area contributed by atoms with Gasteiger partial charge in [-0.1, -0.05) is 6.92 Å². The second kappa shape index (κ2) is 5.69. The number of rotatable bonds is 4. The molecule has 102 valence electrons. The molecule has 0 saturated heterocycles. The van der Waals surface area contributed by atoms with Gasteiger partial charge in [0.15, 0.2) is 0 Å². The molecule has 0 saturated carbocycles. The van der Waals surface area contributed by atoms with Crippen molar-refractivity contribution in [3.8, 4) is 0 Å². The zero-order valence-electron chi connectivity index (χ0n) is 11.3. The SMILES string of the molecule is C[C@H]1CC(NCCc2ccn(C)n2)c2ccsc2S1. The largest absolute Gasteiger partial charge is 0.309 e. The van der Waals surface area contributed by atoms with Gasteiger partial charge in [0.1, 0.15) is 0 Å². The van der Waals surface area contributed by atoms with Gasteiger partial charge in [-0.2, -0.15) is 5.10 Å². The van der Waals surface area contributed by atoms with Gasteiger partial charge in [-0.25, -0.2) is 0 Å². The fourth-order valence-corrected chi connectivity index (χ4v) is 5.08. The van der Waals surface area contributed by atoms with E-state index >= 15 is 0 Å². The smallest absolute Gasteiger partial charge is 0.0649 e. The molecule has 2 atom stereocenters. The van der Waals surface area contributed by atoms with Crippen LogP contribution in [0.5, 0.6) is 0 Å². The molecule has 1 aliphatic heterocycles. The van der Waals surface area contributed by atoms with Gasteiger partial charge in [-0.15, -0.1) is 23.1 Å². The molecule has 0 spiro atoms. The van der Waals surface area contributed by atoms with E-state index < -0.39 is 0 Å². The van der Waals surface area contributed by atoms with Crippen molar-refractivity contribution in [2.24, 2.45) is 7.05 Å². The molecule has 3 heterocycles. The van der Waals surface area contributed by atoms with Crippen LogP contribution in [-0.2, 0) is 13.5 Å². The normalized spacial score (nSPS) is 22.4. The predicted molar refractivity (Wildman–Crippen MR) is 81.9 cm³/mol. The highest BCUT2D eigenvalue weighted by Gasteiger charge is 2.25. The second-order valence-corrected chi connectivity index (χ2v) is 7.69. The van der Waals surface area contributed by atoms with Crippen LogP contribution in [0.15, 0.2) is 27.9 Å². The Hall–Kier alpha value is -0.780. The predicted octanol–water partition coefficient (Wildman–Crippen LogP) is 3.24. The van der Waals surface area contributed by atoms with E-state index in [1.54, 1.807) is 0 Å². The Morgan fingerprint density at radius 3 is 3.16 bits per heavy atom. The van der Waals surface area contributed by atoms with Crippen molar-refractivity contribution < 1.29 is 0 Å². The van der Waals surface area contributed by atoms with Gasteiger partial charge >= 0.3 is 0 Å². The lowest BCUT2D eigenvalue weighted by molar-refractivity contribution is 0.490. The van der Waals surface area contributed by atoms with Crippen molar-refractivity contribution >= 4 is 23.1 Å². The minimum atomic E-state index is 0.515. The highest BCUT2D eigenvalue weighted by atomic mass is 32.2. The highest BCUT2D eigenvalue weighted by Crippen LogP contribution is 2.43. The van der Waals surface area contributed by atoms with Crippen molar-refractivity contribution in [3.05, 3.63) is 35.0 Å². The zero-order valence-corrected chi connectivity index (χ0v) is 12.9. The highest BCUT2D eigenvalue weighted by molar-refractivity contribution is 8.01. The third kappa shape index (κ3) is 3.04. The monoisotopic (exact) mass is 293 g/mol. The van der Waals surface area contributed by atoms with Crippen LogP contribution in [0.25, 0.3) is 0 Å². The molecular weight excluding hydrogens is 274 g/mol. The summed E-state index contributed by atoms with van der Waals surface area (Å²) in [5.74, 6) is 0. The van der Waals surface area contributed by atoms with Crippen LogP contribution >= 0.6 is 23.1 Å². The summed E-state index contributed by atoms with van der Waals surface area (Å²) in [4.78, 5) is 0. The topological polar surface area (TPSA) is 29.9 Å². The van der Waals surface area contributed by atoms with Crippen LogP contribution in [0.4, 0.5) is 0 Å². The van der Waals surface area contributed by atoms with Crippen LogP contribution in [-0.4, -0.2) is 21.6 Å². The Bertz CT molecular complexity index is 546. The number of aryl methyl sites for hydroxylation is 1. The molecule has 2 aromatic heterocycles. The molecule has 0 amide bonds. The van der Waals surface area contributed by atoms with Gasteiger partial charge in [0, 0.05) is 37.5 Å². The zero-order chi connectivity index (χ0) is 13.2. The van der Waals surface area contributed by atoms with Gasteiger partial charge in [-0.05, 0) is 29.5 Å². The minimum absolute atomic E-state index is 0.515. The number of fused-ring (bicyclic) bond motifs is 1. The fraction of sp³-hybridized carbons (Fsp3) is 0.500. The lowest BCUT2D eigenvalue weighted by Gasteiger charge is -2.27. The number of thiophene rings is 1. The van der Waals surface area contributed by atoms with Crippen LogP contribution in [0, 0.1) is 0 Å². The van der Waals surface area contributed by atoms with E-state index in [2.05, 4.69) is 34.9 Å². The summed E-state index contributed by atoms with van der Waals surface area (Å²) in [7, 11) is 1.97. The second-order valence-electron chi connectivity index (χ2n) is 5.07. The van der Waals surface area contributed by atoms with Gasteiger partial charge in [-0.3, -0.25) is 4.68 Å². The third-order valence-electron chi connectivity index (χ3n) is 3.45. The minimum Gasteiger partial charge on any atom is -0.309 e. The summed E-state index contributed by atoms with van der Waals surface area (Å²) < 4.78 is 3.36. The maximum Gasteiger partial charge on any atom is 0.0649 e. The van der Waals surface area contributed by atoms with Gasteiger partial charge in [0.05, 0.1) is 9.90 Å². The average molecular weight is 293 g/mol. The average Bonchev–Trinajstić information content (AvgIpc) is 2.98. The first-order valence-electron chi connectivity index (χ1n) is 6.68. The fourth-order valence-electron chi connectivity index (χ4n) is 2.51. The Kier molecular flexibility index (Phi) is 3.96. The first-order chi connectivity index (χ1) is 9.22. The number of nitrogens with zero attached hydrogens (tertiary/aromatic N) is 2. The first-order valence-corrected chi connectivity index (χ1v) is 8.44. The van der Waals surface area contributed by atoms with Crippen molar-refractivity contribution in [2.75, 3.05) is 6.54 Å². The molecule has 0 radical (unpaired) electrons. The number of thioether (sulfide) groups is 1. The lowest BCUT2D eigenvalue weighted by Crippen LogP contribution is -2.28. The van der Waals surface area contributed by atoms with E-state index in [0.717, 1.165) is 13.0 Å². The third-order valence-corrected chi connectivity index (χ3v) is 5.79. The number of aromatic nitrogens is 2. The maximum atomic E-state index is 4.42. The Labute approximate surface area is 122 Å². The quantitative estimate of drug-likeness (QED) is 0.938. The molecule has 2 aromatic rings. The van der Waals surface area contributed by atoms with E-state index in [4.69, 9.17) is 0 Å². The Morgan fingerprint density at radius 1 is 1.47 bits per heavy atom. The van der Waals surface area contributed by atoms with Crippen LogP contribution < -0.4 is 5.32 Å². The van der Waals surface area contributed by atoms with Crippen LogP contribution in [0.3, 0.4) is 0 Å². The van der Waals surface area contributed by atoms with E-state index in [-0.39, 0.29) is 0 Å². The molecule has 5 heteroatoms. The van der Waals surface area contributed by atoms with Crippen molar-refractivity contribution in [1.29, 1.82) is 0 Å². The molecular formula is C14H19N3S2. The molecule has 0 bridgehead atoms. The van der Waals surface area contributed by atoms with E-state index in [1.165, 1.54) is 21.9 Å². The molecule has 3 nitrogen and oxygen atoms in total. The van der Waals surface area contributed by atoms with Crippen molar-refractivity contribution in [2.45, 2.75) is 35.3 Å². The molecule has 0 fully saturated rings. The molecule has 0 aliphatic carbocycles. The molecule has 1 unspecified atom stereocenters. The summed E-state index contributed by atoms with van der Waals surface area (Å²) in [5.41, 5.74) is 2.66. The molecule has 0 aromatic carbocycles. The molecule has 1 aliphatic rings. The standard InChI is InChI=1S/C14H19N3S2/c1-10-9-13(12-5-8-18-14(12)19-10)15-6-3-11-4-7-17(2)16-11/h4-5,7-8,10,13,15H,3,6,9H2,1-2H3/t10-,13?/m0/s1. The Morgan fingerprint density at radius 2 is 2.37 bits per heavy atom. The first kappa shape index (κ1) is 13.2. The van der Waals surface area contributed by atoms with Gasteiger partial charge < -0.3 is 5.32 Å². The van der Waals surface area contributed by atoms with Crippen molar-refractivity contribution in [1.82, 2.24) is 15.1 Å².